The third kappa shape index (κ3) is 4.01. The zero-order valence-corrected chi connectivity index (χ0v) is 26.7. The Kier molecular flexibility index (Phi) is 5.48. The number of thiophene rings is 1. The van der Waals surface area contributed by atoms with Gasteiger partial charge in [0.05, 0.1) is 5.39 Å². The fourth-order valence-corrected chi connectivity index (χ4v) is 8.37. The Bertz CT molecular complexity index is 3070. The Hall–Kier alpha value is -6.37. The van der Waals surface area contributed by atoms with Crippen molar-refractivity contribution < 1.29 is 13.3 Å². The second-order valence-electron chi connectivity index (χ2n) is 12.3. The minimum Gasteiger partial charge on any atom is -0.456 e. The fraction of sp³-hybridized carbons (Fsp3) is 0. The first-order valence-electron chi connectivity index (χ1n) is 16.2. The lowest BCUT2D eigenvalue weighted by Gasteiger charge is -2.25. The number of anilines is 3. The summed E-state index contributed by atoms with van der Waals surface area (Å²) in [6, 6.07) is 50.4. The fourth-order valence-electron chi connectivity index (χ4n) is 7.23. The van der Waals surface area contributed by atoms with Crippen molar-refractivity contribution in [2.24, 2.45) is 0 Å². The largest absolute Gasteiger partial charge is 0.456 e. The SMILES string of the molecule is c1ccc(-c2nc3ccc4oc5ccc(N(c6ccc7c(c6)sc6ccccc67)c6ccc7oc8ccccc8c7c6)cc5c4c3o2)cc1. The first-order chi connectivity index (χ1) is 24.2. The minimum atomic E-state index is 0.590. The van der Waals surface area contributed by atoms with Crippen LogP contribution in [0.15, 0.2) is 159 Å². The van der Waals surface area contributed by atoms with Crippen molar-refractivity contribution in [2.75, 3.05) is 4.90 Å². The van der Waals surface area contributed by atoms with E-state index in [-0.39, 0.29) is 0 Å². The van der Waals surface area contributed by atoms with Crippen molar-refractivity contribution in [3.05, 3.63) is 146 Å². The van der Waals surface area contributed by atoms with Crippen LogP contribution in [0.1, 0.15) is 0 Å². The number of para-hydroxylation sites is 1. The van der Waals surface area contributed by atoms with Crippen LogP contribution in [0.3, 0.4) is 0 Å². The van der Waals surface area contributed by atoms with Crippen LogP contribution in [-0.2, 0) is 0 Å². The van der Waals surface area contributed by atoms with Gasteiger partial charge in [0.15, 0.2) is 5.58 Å². The van der Waals surface area contributed by atoms with Crippen LogP contribution in [0.4, 0.5) is 17.1 Å². The normalized spacial score (nSPS) is 12.1. The summed E-state index contributed by atoms with van der Waals surface area (Å²) >= 11 is 1.82. The number of nitrogens with zero attached hydrogens (tertiary/aromatic N) is 2. The van der Waals surface area contributed by atoms with Crippen LogP contribution in [0.2, 0.25) is 0 Å². The van der Waals surface area contributed by atoms with Gasteiger partial charge in [-0.1, -0.05) is 60.7 Å². The van der Waals surface area contributed by atoms with E-state index >= 15 is 0 Å². The van der Waals surface area contributed by atoms with Crippen LogP contribution >= 0.6 is 11.3 Å². The Morgan fingerprint density at radius 3 is 1.96 bits per heavy atom. The summed E-state index contributed by atoms with van der Waals surface area (Å²) in [5.41, 5.74) is 8.85. The van der Waals surface area contributed by atoms with Crippen molar-refractivity contribution in [1.29, 1.82) is 0 Å². The van der Waals surface area contributed by atoms with Crippen molar-refractivity contribution >= 4 is 104 Å². The summed E-state index contributed by atoms with van der Waals surface area (Å²) in [4.78, 5) is 7.16. The molecule has 4 aromatic heterocycles. The van der Waals surface area contributed by atoms with Gasteiger partial charge in [0.2, 0.25) is 5.89 Å². The molecule has 0 aliphatic carbocycles. The molecule has 0 aliphatic heterocycles. The molecule has 0 atom stereocenters. The highest BCUT2D eigenvalue weighted by atomic mass is 32.1. The first-order valence-corrected chi connectivity index (χ1v) is 17.0. The molecule has 0 N–H and O–H groups in total. The van der Waals surface area contributed by atoms with Crippen LogP contribution in [-0.4, -0.2) is 4.98 Å². The lowest BCUT2D eigenvalue weighted by molar-refractivity contribution is 0.622. The van der Waals surface area contributed by atoms with Gasteiger partial charge >= 0.3 is 0 Å². The monoisotopic (exact) mass is 648 g/mol. The molecule has 0 bridgehead atoms. The summed E-state index contributed by atoms with van der Waals surface area (Å²) in [7, 11) is 0. The third-order valence-electron chi connectivity index (χ3n) is 9.49. The molecule has 5 nitrogen and oxygen atoms in total. The van der Waals surface area contributed by atoms with Crippen molar-refractivity contribution in [1.82, 2.24) is 4.98 Å². The Morgan fingerprint density at radius 2 is 1.08 bits per heavy atom. The standard InChI is InChI=1S/C43H24N2O3S/c1-2-8-25(9-3-1)43-44-34-18-21-38-41(42(34)48-43)33-23-27(16-20-37(33)47-38)45(26-15-19-36-32(22-26)29-10-4-6-12-35(29)46-36)28-14-17-31-30-11-5-7-13-39(30)49-40(31)24-28/h1-24H. The maximum Gasteiger partial charge on any atom is 0.227 e. The smallest absolute Gasteiger partial charge is 0.227 e. The molecular weight excluding hydrogens is 625 g/mol. The molecular formula is C43H24N2O3S. The summed E-state index contributed by atoms with van der Waals surface area (Å²) in [5.74, 6) is 0.590. The quantitative estimate of drug-likeness (QED) is 0.190. The van der Waals surface area contributed by atoms with Gasteiger partial charge in [-0.3, -0.25) is 0 Å². The zero-order chi connectivity index (χ0) is 32.1. The van der Waals surface area contributed by atoms with Crippen molar-refractivity contribution in [2.45, 2.75) is 0 Å². The average Bonchev–Trinajstić information content (AvgIpc) is 3.92. The molecule has 6 heteroatoms. The molecule has 0 amide bonds. The zero-order valence-electron chi connectivity index (χ0n) is 25.9. The van der Waals surface area contributed by atoms with E-state index in [0.717, 1.165) is 77.6 Å². The van der Waals surface area contributed by atoms with E-state index in [1.807, 2.05) is 65.9 Å². The lowest BCUT2D eigenvalue weighted by atomic mass is 10.1. The summed E-state index contributed by atoms with van der Waals surface area (Å²) in [6.45, 7) is 0. The Balaban J connectivity index is 1.16. The highest BCUT2D eigenvalue weighted by Gasteiger charge is 2.21. The molecule has 230 valence electrons. The predicted octanol–water partition coefficient (Wildman–Crippen LogP) is 13.1. The van der Waals surface area contributed by atoms with Gasteiger partial charge in [-0.2, -0.15) is 0 Å². The van der Waals surface area contributed by atoms with Gasteiger partial charge in [-0.15, -0.1) is 11.3 Å². The van der Waals surface area contributed by atoms with Gasteiger partial charge in [0.1, 0.15) is 27.8 Å². The van der Waals surface area contributed by atoms with Crippen molar-refractivity contribution in [3.63, 3.8) is 0 Å². The Labute approximate surface area is 282 Å². The van der Waals surface area contributed by atoms with Crippen LogP contribution < -0.4 is 4.90 Å². The molecule has 0 saturated carbocycles. The molecule has 11 aromatic rings. The number of furan rings is 2. The number of aromatic nitrogens is 1. The number of benzene rings is 7. The van der Waals surface area contributed by atoms with Crippen LogP contribution in [0.25, 0.3) is 86.6 Å². The van der Waals surface area contributed by atoms with Gasteiger partial charge in [0.25, 0.3) is 0 Å². The van der Waals surface area contributed by atoms with E-state index in [0.29, 0.717) is 5.89 Å². The average molecular weight is 649 g/mol. The number of rotatable bonds is 4. The molecule has 7 aromatic carbocycles. The number of hydrogen-bond acceptors (Lipinski definition) is 6. The molecule has 0 fully saturated rings. The molecule has 0 saturated heterocycles. The second kappa shape index (κ2) is 10.1. The highest BCUT2D eigenvalue weighted by Crippen LogP contribution is 2.44. The molecule has 0 aliphatic rings. The maximum atomic E-state index is 6.47. The van der Waals surface area contributed by atoms with Gasteiger partial charge in [-0.05, 0) is 84.9 Å². The molecule has 49 heavy (non-hydrogen) atoms. The lowest BCUT2D eigenvalue weighted by Crippen LogP contribution is -2.09. The van der Waals surface area contributed by atoms with E-state index < -0.39 is 0 Å². The molecule has 0 radical (unpaired) electrons. The maximum absolute atomic E-state index is 6.47. The molecule has 0 spiro atoms. The van der Waals surface area contributed by atoms with Crippen LogP contribution in [0, 0.1) is 0 Å². The Morgan fingerprint density at radius 1 is 0.449 bits per heavy atom. The number of fused-ring (bicyclic) bond motifs is 11. The van der Waals surface area contributed by atoms with Crippen molar-refractivity contribution in [3.8, 4) is 11.5 Å². The summed E-state index contributed by atoms with van der Waals surface area (Å²) in [6.07, 6.45) is 0. The predicted molar refractivity (Wildman–Crippen MR) is 202 cm³/mol. The number of oxazole rings is 1. The van der Waals surface area contributed by atoms with E-state index in [1.165, 1.54) is 20.2 Å². The van der Waals surface area contributed by atoms with E-state index in [9.17, 15) is 0 Å². The summed E-state index contributed by atoms with van der Waals surface area (Å²) in [5, 5.41) is 6.60. The summed E-state index contributed by atoms with van der Waals surface area (Å²) < 4.78 is 21.6. The minimum absolute atomic E-state index is 0.590. The van der Waals surface area contributed by atoms with Gasteiger partial charge in [-0.25, -0.2) is 4.98 Å². The first kappa shape index (κ1) is 26.7. The van der Waals surface area contributed by atoms with Gasteiger partial charge in [0, 0.05) is 59.0 Å². The second-order valence-corrected chi connectivity index (χ2v) is 13.4. The molecule has 4 heterocycles. The van der Waals surface area contributed by atoms with E-state index in [1.54, 1.807) is 0 Å². The third-order valence-corrected chi connectivity index (χ3v) is 10.6. The van der Waals surface area contributed by atoms with Gasteiger partial charge < -0.3 is 18.2 Å². The molecule has 11 rings (SSSR count). The topological polar surface area (TPSA) is 55.6 Å². The van der Waals surface area contributed by atoms with E-state index in [2.05, 4.69) is 95.9 Å². The van der Waals surface area contributed by atoms with Crippen LogP contribution in [0.5, 0.6) is 0 Å². The molecule has 0 unspecified atom stereocenters. The van der Waals surface area contributed by atoms with E-state index in [4.69, 9.17) is 18.2 Å². The highest BCUT2D eigenvalue weighted by molar-refractivity contribution is 7.25. The number of hydrogen-bond donors (Lipinski definition) is 0.